The van der Waals surface area contributed by atoms with Crippen LogP contribution in [0.4, 0.5) is 42.1 Å². The number of alkyl halides is 3. The predicted octanol–water partition coefficient (Wildman–Crippen LogP) is 6.29. The SMILES string of the molecule is CCC1CCc2cc(N=Nc3nc([N-]C)c([N-]C)n3CC)c(NS(=O)(=O)C(F)(F)F)cc21. The number of anilines is 1. The van der Waals surface area contributed by atoms with Crippen LogP contribution in [0.5, 0.6) is 0 Å². The Balaban J connectivity index is 2.09. The van der Waals surface area contributed by atoms with Crippen molar-refractivity contribution in [3.05, 3.63) is 33.9 Å². The largest absolute Gasteiger partial charge is 0.516 e. The van der Waals surface area contributed by atoms with Gasteiger partial charge in [0, 0.05) is 0 Å². The Labute approximate surface area is 184 Å². The highest BCUT2D eigenvalue weighted by Crippen LogP contribution is 2.43. The van der Waals surface area contributed by atoms with Crippen molar-refractivity contribution in [1.82, 2.24) is 9.55 Å². The first-order chi connectivity index (χ1) is 15.1. The van der Waals surface area contributed by atoms with Crippen LogP contribution in [-0.4, -0.2) is 37.6 Å². The molecule has 3 rings (SSSR count). The molecule has 1 aliphatic rings. The predicted molar refractivity (Wildman–Crippen MR) is 116 cm³/mol. The lowest BCUT2D eigenvalue weighted by atomic mass is 9.98. The second-order valence-electron chi connectivity index (χ2n) is 7.21. The van der Waals surface area contributed by atoms with Crippen molar-refractivity contribution >= 4 is 39.0 Å². The fourth-order valence-corrected chi connectivity index (χ4v) is 4.35. The van der Waals surface area contributed by atoms with E-state index in [-0.39, 0.29) is 23.2 Å². The number of azo groups is 1. The fourth-order valence-electron chi connectivity index (χ4n) is 3.78. The zero-order valence-corrected chi connectivity index (χ0v) is 18.9. The van der Waals surface area contributed by atoms with E-state index in [1.165, 1.54) is 6.07 Å². The normalized spacial score (nSPS) is 16.4. The van der Waals surface area contributed by atoms with Crippen LogP contribution in [0, 0.1) is 0 Å². The Morgan fingerprint density at radius 3 is 2.50 bits per heavy atom. The summed E-state index contributed by atoms with van der Waals surface area (Å²) in [7, 11) is -2.50. The smallest absolute Gasteiger partial charge is 0.469 e. The first-order valence-electron chi connectivity index (χ1n) is 10.0. The van der Waals surface area contributed by atoms with Gasteiger partial charge in [-0.05, 0) is 55.0 Å². The average molecular weight is 472 g/mol. The van der Waals surface area contributed by atoms with E-state index in [0.29, 0.717) is 18.2 Å². The van der Waals surface area contributed by atoms with E-state index in [1.54, 1.807) is 29.5 Å². The standard InChI is InChI=1S/C19H24F3N7O2S/c1-5-11-7-8-12-9-14(15(10-13(11)12)28-32(30,31)19(20,21)22)26-27-18-25-16(23-3)17(24-4)29(18)6-2/h9-11,28H,5-8H2,1-4H3/q-2. The second-order valence-corrected chi connectivity index (χ2v) is 8.89. The summed E-state index contributed by atoms with van der Waals surface area (Å²) in [6.07, 6.45) is 2.35. The Morgan fingerprint density at radius 2 is 1.94 bits per heavy atom. The van der Waals surface area contributed by atoms with Crippen molar-refractivity contribution in [2.24, 2.45) is 10.2 Å². The van der Waals surface area contributed by atoms with Gasteiger partial charge in [0.25, 0.3) is 0 Å². The van der Waals surface area contributed by atoms with Gasteiger partial charge in [0.2, 0.25) is 0 Å². The molecule has 176 valence electrons. The van der Waals surface area contributed by atoms with Gasteiger partial charge in [0.15, 0.2) is 0 Å². The Morgan fingerprint density at radius 1 is 1.22 bits per heavy atom. The molecule has 0 fully saturated rings. The van der Waals surface area contributed by atoms with Crippen molar-refractivity contribution < 1.29 is 21.6 Å². The number of imidazole rings is 1. The van der Waals surface area contributed by atoms with Crippen LogP contribution in [0.25, 0.3) is 10.6 Å². The van der Waals surface area contributed by atoms with Crippen LogP contribution in [0.2, 0.25) is 0 Å². The highest BCUT2D eigenvalue weighted by molar-refractivity contribution is 7.93. The van der Waals surface area contributed by atoms with E-state index in [1.807, 2.05) is 13.8 Å². The molecule has 1 aromatic carbocycles. The minimum absolute atomic E-state index is 0.0241. The topological polar surface area (TPSA) is 117 Å². The molecule has 2 aromatic rings. The van der Waals surface area contributed by atoms with Crippen molar-refractivity contribution in [3.8, 4) is 0 Å². The summed E-state index contributed by atoms with van der Waals surface area (Å²) in [5.74, 6) is 1.14. The van der Waals surface area contributed by atoms with E-state index in [4.69, 9.17) is 0 Å². The molecule has 9 nitrogen and oxygen atoms in total. The van der Waals surface area contributed by atoms with Crippen molar-refractivity contribution in [2.75, 3.05) is 18.8 Å². The lowest BCUT2D eigenvalue weighted by Gasteiger charge is -2.20. The number of nitrogens with zero attached hydrogens (tertiary/aromatic N) is 6. The monoisotopic (exact) mass is 471 g/mol. The number of rotatable bonds is 8. The molecule has 1 heterocycles. The van der Waals surface area contributed by atoms with E-state index in [0.717, 1.165) is 30.4 Å². The summed E-state index contributed by atoms with van der Waals surface area (Å²) in [4.78, 5) is 4.25. The van der Waals surface area contributed by atoms with Crippen LogP contribution >= 0.6 is 0 Å². The molecule has 13 heteroatoms. The number of hydrogen-bond donors (Lipinski definition) is 1. The summed E-state index contributed by atoms with van der Waals surface area (Å²) in [5.41, 5.74) is -4.03. The highest BCUT2D eigenvalue weighted by Gasteiger charge is 2.46. The van der Waals surface area contributed by atoms with Gasteiger partial charge in [0.1, 0.15) is 5.69 Å². The molecule has 1 unspecified atom stereocenters. The maximum Gasteiger partial charge on any atom is 0.516 e. The van der Waals surface area contributed by atoms with Crippen molar-refractivity contribution in [3.63, 3.8) is 0 Å². The molecule has 0 spiro atoms. The lowest BCUT2D eigenvalue weighted by Crippen LogP contribution is -2.30. The molecule has 0 bridgehead atoms. The van der Waals surface area contributed by atoms with Gasteiger partial charge < -0.3 is 20.2 Å². The lowest BCUT2D eigenvalue weighted by molar-refractivity contribution is -0.0429. The first kappa shape index (κ1) is 23.8. The van der Waals surface area contributed by atoms with Crippen LogP contribution in [-0.2, 0) is 23.0 Å². The molecular weight excluding hydrogens is 447 g/mol. The van der Waals surface area contributed by atoms with Crippen LogP contribution < -0.4 is 4.72 Å². The molecular formula is C19H24F3N7O2S-2. The van der Waals surface area contributed by atoms with Gasteiger partial charge in [-0.25, -0.2) is 0 Å². The Hall–Kier alpha value is -2.83. The number of sulfonamides is 1. The molecule has 0 saturated heterocycles. The summed E-state index contributed by atoms with van der Waals surface area (Å²) < 4.78 is 65.8. The Bertz CT molecular complexity index is 1130. The van der Waals surface area contributed by atoms with Gasteiger partial charge in [-0.15, -0.1) is 5.11 Å². The summed E-state index contributed by atoms with van der Waals surface area (Å²) in [6.45, 7) is 4.28. The maximum absolute atomic E-state index is 13.0. The minimum Gasteiger partial charge on any atom is -0.469 e. The molecule has 0 amide bonds. The fraction of sp³-hybridized carbons (Fsp3) is 0.526. The molecule has 0 aliphatic heterocycles. The van der Waals surface area contributed by atoms with Crippen LogP contribution in [0.15, 0.2) is 22.4 Å². The number of fused-ring (bicyclic) bond motifs is 1. The van der Waals surface area contributed by atoms with Gasteiger partial charge in [0.05, 0.1) is 11.6 Å². The third kappa shape index (κ3) is 4.38. The van der Waals surface area contributed by atoms with E-state index in [9.17, 15) is 21.6 Å². The quantitative estimate of drug-likeness (QED) is 0.456. The second kappa shape index (κ2) is 8.96. The van der Waals surface area contributed by atoms with Gasteiger partial charge in [-0.1, -0.05) is 39.6 Å². The van der Waals surface area contributed by atoms with Crippen LogP contribution in [0.3, 0.4) is 0 Å². The number of aryl methyl sites for hydroxylation is 1. The molecule has 1 aromatic heterocycles. The minimum atomic E-state index is -5.62. The summed E-state index contributed by atoms with van der Waals surface area (Å²) in [6, 6.07) is 3.01. The van der Waals surface area contributed by atoms with Crippen molar-refractivity contribution in [2.45, 2.75) is 51.1 Å². The molecule has 1 N–H and O–H groups in total. The van der Waals surface area contributed by atoms with Gasteiger partial charge in [-0.3, -0.25) is 4.72 Å². The van der Waals surface area contributed by atoms with E-state index < -0.39 is 15.5 Å². The number of halogens is 3. The molecule has 0 radical (unpaired) electrons. The summed E-state index contributed by atoms with van der Waals surface area (Å²) >= 11 is 0. The first-order valence-corrected chi connectivity index (χ1v) is 11.5. The highest BCUT2D eigenvalue weighted by atomic mass is 32.2. The van der Waals surface area contributed by atoms with Crippen molar-refractivity contribution in [1.29, 1.82) is 0 Å². The molecule has 0 saturated carbocycles. The third-order valence-electron chi connectivity index (χ3n) is 5.39. The third-order valence-corrected chi connectivity index (χ3v) is 6.49. The number of nitrogens with one attached hydrogen (secondary N) is 1. The maximum atomic E-state index is 13.0. The zero-order chi connectivity index (χ0) is 23.7. The summed E-state index contributed by atoms with van der Waals surface area (Å²) in [5, 5.41) is 16.3. The van der Waals surface area contributed by atoms with Gasteiger partial charge >= 0.3 is 15.5 Å². The number of hydrogen-bond acceptors (Lipinski definition) is 5. The zero-order valence-electron chi connectivity index (χ0n) is 18.1. The Kier molecular flexibility index (Phi) is 6.67. The molecule has 32 heavy (non-hydrogen) atoms. The molecule has 1 aliphatic carbocycles. The number of aromatic nitrogens is 2. The van der Waals surface area contributed by atoms with Crippen LogP contribution in [0.1, 0.15) is 43.7 Å². The van der Waals surface area contributed by atoms with E-state index in [2.05, 4.69) is 25.8 Å². The van der Waals surface area contributed by atoms with E-state index >= 15 is 0 Å². The number of benzene rings is 1. The molecule has 1 atom stereocenters. The van der Waals surface area contributed by atoms with Gasteiger partial charge in [-0.2, -0.15) is 26.7 Å². The average Bonchev–Trinajstić information content (AvgIpc) is 3.30.